The van der Waals surface area contributed by atoms with Gasteiger partial charge in [0.05, 0.1) is 5.92 Å². The second-order valence-electron chi connectivity index (χ2n) is 5.16. The first kappa shape index (κ1) is 12.8. The van der Waals surface area contributed by atoms with Crippen LogP contribution in [0.4, 0.5) is 4.79 Å². The molecule has 0 aromatic carbocycles. The van der Waals surface area contributed by atoms with E-state index in [0.717, 1.165) is 6.42 Å². The Kier molecular flexibility index (Phi) is 3.78. The Bertz CT molecular complexity index is 282. The summed E-state index contributed by atoms with van der Waals surface area (Å²) in [6, 6.07) is 0. The van der Waals surface area contributed by atoms with E-state index in [1.807, 2.05) is 0 Å². The van der Waals surface area contributed by atoms with Crippen molar-refractivity contribution in [3.63, 3.8) is 0 Å². The number of carbonyl (C=O) groups excluding carboxylic acids is 1. The molecule has 0 unspecified atom stereocenters. The number of alkyl carbamates (subject to hydrolysis) is 1. The van der Waals surface area contributed by atoms with Crippen molar-refractivity contribution in [1.29, 1.82) is 0 Å². The minimum absolute atomic E-state index is 0.208. The van der Waals surface area contributed by atoms with Crippen LogP contribution in [0.2, 0.25) is 0 Å². The smallest absolute Gasteiger partial charge is 0.407 e. The molecule has 2 N–H and O–H groups in total. The van der Waals surface area contributed by atoms with Crippen LogP contribution in [0.15, 0.2) is 0 Å². The standard InChI is InChI=1S/C11H19NO4/c1-11(2,3)16-10(15)12-5-4-7-6-8(7)9(13)14/h7-8H,4-6H2,1-3H3,(H,12,15)(H,13,14)/t7-,8-/m1/s1. The number of hydrogen-bond acceptors (Lipinski definition) is 3. The molecule has 1 saturated carbocycles. The largest absolute Gasteiger partial charge is 0.481 e. The van der Waals surface area contributed by atoms with Gasteiger partial charge in [-0.15, -0.1) is 0 Å². The summed E-state index contributed by atoms with van der Waals surface area (Å²) in [6.07, 6.45) is 0.988. The zero-order valence-corrected chi connectivity index (χ0v) is 9.95. The Balaban J connectivity index is 2.09. The van der Waals surface area contributed by atoms with E-state index in [9.17, 15) is 9.59 Å². The van der Waals surface area contributed by atoms with Crippen LogP contribution in [0.25, 0.3) is 0 Å². The number of ether oxygens (including phenoxy) is 1. The molecule has 2 atom stereocenters. The van der Waals surface area contributed by atoms with Crippen LogP contribution in [-0.4, -0.2) is 29.3 Å². The molecule has 5 heteroatoms. The van der Waals surface area contributed by atoms with Gasteiger partial charge in [0.25, 0.3) is 0 Å². The number of carboxylic acid groups (broad SMARTS) is 1. The highest BCUT2D eigenvalue weighted by molar-refractivity contribution is 5.73. The summed E-state index contributed by atoms with van der Waals surface area (Å²) in [5.74, 6) is -0.727. The zero-order chi connectivity index (χ0) is 12.3. The van der Waals surface area contributed by atoms with Gasteiger partial charge in [0.15, 0.2) is 0 Å². The number of rotatable bonds is 4. The summed E-state index contributed by atoms with van der Waals surface area (Å²) in [4.78, 5) is 21.8. The van der Waals surface area contributed by atoms with Crippen molar-refractivity contribution in [2.24, 2.45) is 11.8 Å². The molecule has 1 fully saturated rings. The van der Waals surface area contributed by atoms with Crippen LogP contribution < -0.4 is 5.32 Å². The molecule has 1 aliphatic carbocycles. The first-order valence-electron chi connectivity index (χ1n) is 5.49. The Morgan fingerprint density at radius 2 is 2.06 bits per heavy atom. The zero-order valence-electron chi connectivity index (χ0n) is 9.95. The van der Waals surface area contributed by atoms with Crippen LogP contribution in [0.1, 0.15) is 33.6 Å². The molecule has 0 aromatic heterocycles. The third-order valence-corrected chi connectivity index (χ3v) is 2.42. The third kappa shape index (κ3) is 4.51. The van der Waals surface area contributed by atoms with Gasteiger partial charge in [-0.2, -0.15) is 0 Å². The van der Waals surface area contributed by atoms with Crippen molar-refractivity contribution in [3.8, 4) is 0 Å². The molecule has 0 heterocycles. The van der Waals surface area contributed by atoms with Crippen molar-refractivity contribution in [3.05, 3.63) is 0 Å². The van der Waals surface area contributed by atoms with E-state index in [1.165, 1.54) is 0 Å². The number of amides is 1. The molecule has 1 aliphatic rings. The predicted molar refractivity (Wildman–Crippen MR) is 58.1 cm³/mol. The van der Waals surface area contributed by atoms with Crippen LogP contribution in [0.3, 0.4) is 0 Å². The minimum atomic E-state index is -0.734. The SMILES string of the molecule is CC(C)(C)OC(=O)NCC[C@@H]1C[C@H]1C(=O)O. The fourth-order valence-electron chi connectivity index (χ4n) is 1.54. The molecule has 16 heavy (non-hydrogen) atoms. The lowest BCUT2D eigenvalue weighted by molar-refractivity contribution is -0.138. The molecule has 0 aromatic rings. The monoisotopic (exact) mass is 229 g/mol. The maximum Gasteiger partial charge on any atom is 0.407 e. The normalized spacial score (nSPS) is 23.7. The van der Waals surface area contributed by atoms with Gasteiger partial charge in [-0.1, -0.05) is 0 Å². The summed E-state index contributed by atoms with van der Waals surface area (Å²) in [5.41, 5.74) is -0.493. The lowest BCUT2D eigenvalue weighted by atomic mass is 10.2. The topological polar surface area (TPSA) is 75.6 Å². The highest BCUT2D eigenvalue weighted by Gasteiger charge is 2.42. The molecule has 0 bridgehead atoms. The molecule has 0 spiro atoms. The summed E-state index contributed by atoms with van der Waals surface area (Å²) in [5, 5.41) is 11.3. The van der Waals surface area contributed by atoms with Gasteiger partial charge >= 0.3 is 12.1 Å². The van der Waals surface area contributed by atoms with Gasteiger partial charge in [0.2, 0.25) is 0 Å². The van der Waals surface area contributed by atoms with E-state index >= 15 is 0 Å². The van der Waals surface area contributed by atoms with Crippen molar-refractivity contribution >= 4 is 12.1 Å². The number of carboxylic acids is 1. The lowest BCUT2D eigenvalue weighted by Gasteiger charge is -2.19. The number of nitrogens with one attached hydrogen (secondary N) is 1. The molecular formula is C11H19NO4. The third-order valence-electron chi connectivity index (χ3n) is 2.42. The maximum absolute atomic E-state index is 11.2. The Labute approximate surface area is 95.2 Å². The van der Waals surface area contributed by atoms with E-state index in [1.54, 1.807) is 20.8 Å². The fourth-order valence-corrected chi connectivity index (χ4v) is 1.54. The summed E-state index contributed by atoms with van der Waals surface area (Å²) < 4.78 is 5.05. The second kappa shape index (κ2) is 4.72. The molecule has 1 rings (SSSR count). The van der Waals surface area contributed by atoms with Gasteiger partial charge in [0, 0.05) is 6.54 Å². The predicted octanol–water partition coefficient (Wildman–Crippen LogP) is 1.62. The Morgan fingerprint density at radius 1 is 1.44 bits per heavy atom. The van der Waals surface area contributed by atoms with Crippen molar-refractivity contribution in [2.45, 2.75) is 39.2 Å². The quantitative estimate of drug-likeness (QED) is 0.768. The van der Waals surface area contributed by atoms with E-state index in [-0.39, 0.29) is 11.8 Å². The molecule has 5 nitrogen and oxygen atoms in total. The summed E-state index contributed by atoms with van der Waals surface area (Å²) in [6.45, 7) is 5.87. The summed E-state index contributed by atoms with van der Waals surface area (Å²) in [7, 11) is 0. The Morgan fingerprint density at radius 3 is 2.50 bits per heavy atom. The molecule has 0 saturated heterocycles. The van der Waals surface area contributed by atoms with Crippen LogP contribution in [-0.2, 0) is 9.53 Å². The average Bonchev–Trinajstić information content (AvgIpc) is 2.80. The van der Waals surface area contributed by atoms with Crippen LogP contribution in [0.5, 0.6) is 0 Å². The molecule has 92 valence electrons. The van der Waals surface area contributed by atoms with Gasteiger partial charge in [-0.3, -0.25) is 4.79 Å². The van der Waals surface area contributed by atoms with Gasteiger partial charge in [0.1, 0.15) is 5.60 Å². The first-order valence-corrected chi connectivity index (χ1v) is 5.49. The first-order chi connectivity index (χ1) is 7.29. The average molecular weight is 229 g/mol. The summed E-state index contributed by atoms with van der Waals surface area (Å²) >= 11 is 0. The highest BCUT2D eigenvalue weighted by Crippen LogP contribution is 2.40. The van der Waals surface area contributed by atoms with Crippen molar-refractivity contribution < 1.29 is 19.4 Å². The molecule has 0 aliphatic heterocycles. The molecular weight excluding hydrogens is 210 g/mol. The van der Waals surface area contributed by atoms with Crippen molar-refractivity contribution in [1.82, 2.24) is 5.32 Å². The number of aliphatic carboxylic acids is 1. The van der Waals surface area contributed by atoms with E-state index in [2.05, 4.69) is 5.32 Å². The van der Waals surface area contributed by atoms with Gasteiger partial charge in [-0.25, -0.2) is 4.79 Å². The second-order valence-corrected chi connectivity index (χ2v) is 5.16. The minimum Gasteiger partial charge on any atom is -0.481 e. The van der Waals surface area contributed by atoms with Gasteiger partial charge in [-0.05, 0) is 39.5 Å². The van der Waals surface area contributed by atoms with E-state index in [4.69, 9.17) is 9.84 Å². The lowest BCUT2D eigenvalue weighted by Crippen LogP contribution is -2.33. The Hall–Kier alpha value is -1.26. The molecule has 0 radical (unpaired) electrons. The van der Waals surface area contributed by atoms with E-state index in [0.29, 0.717) is 13.0 Å². The number of hydrogen-bond donors (Lipinski definition) is 2. The van der Waals surface area contributed by atoms with Crippen molar-refractivity contribution in [2.75, 3.05) is 6.54 Å². The maximum atomic E-state index is 11.2. The molecule has 1 amide bonds. The van der Waals surface area contributed by atoms with Crippen LogP contribution in [0, 0.1) is 11.8 Å². The van der Waals surface area contributed by atoms with E-state index < -0.39 is 17.7 Å². The van der Waals surface area contributed by atoms with Gasteiger partial charge < -0.3 is 15.2 Å². The van der Waals surface area contributed by atoms with Crippen LogP contribution >= 0.6 is 0 Å². The fraction of sp³-hybridized carbons (Fsp3) is 0.818. The number of carbonyl (C=O) groups is 2. The highest BCUT2D eigenvalue weighted by atomic mass is 16.6.